The summed E-state index contributed by atoms with van der Waals surface area (Å²) in [7, 11) is 0. The summed E-state index contributed by atoms with van der Waals surface area (Å²) in [5, 5.41) is 0.758. The lowest BCUT2D eigenvalue weighted by atomic mass is 10.2. The van der Waals surface area contributed by atoms with Crippen LogP contribution in [0.1, 0.15) is 11.3 Å². The summed E-state index contributed by atoms with van der Waals surface area (Å²) in [5.74, 6) is 0. The maximum atomic E-state index is 5.82. The molecule has 15 heavy (non-hydrogen) atoms. The number of hydrogen-bond acceptors (Lipinski definition) is 1. The Bertz CT molecular complexity index is 510. The maximum absolute atomic E-state index is 5.82. The third-order valence-corrected chi connectivity index (χ3v) is 2.92. The first kappa shape index (κ1) is 10.5. The van der Waals surface area contributed by atoms with Gasteiger partial charge in [0.15, 0.2) is 4.77 Å². The maximum Gasteiger partial charge on any atom is 0.177 e. The fourth-order valence-corrected chi connectivity index (χ4v) is 1.84. The van der Waals surface area contributed by atoms with Crippen LogP contribution in [0.2, 0.25) is 5.02 Å². The van der Waals surface area contributed by atoms with E-state index in [9.17, 15) is 0 Å². The Morgan fingerprint density at radius 3 is 2.53 bits per heavy atom. The summed E-state index contributed by atoms with van der Waals surface area (Å²) in [6.07, 6.45) is 1.91. The molecular formula is C11H11ClN2S. The number of aromatic nitrogens is 2. The van der Waals surface area contributed by atoms with E-state index >= 15 is 0 Å². The molecule has 2 nitrogen and oxygen atoms in total. The molecule has 1 aromatic carbocycles. The Labute approximate surface area is 98.5 Å². The van der Waals surface area contributed by atoms with E-state index in [1.54, 1.807) is 0 Å². The van der Waals surface area contributed by atoms with Crippen LogP contribution in [0.4, 0.5) is 0 Å². The minimum absolute atomic E-state index is 0.752. The third-order valence-electron chi connectivity index (χ3n) is 2.33. The molecule has 0 aliphatic heterocycles. The van der Waals surface area contributed by atoms with Crippen LogP contribution in [0, 0.1) is 11.7 Å². The van der Waals surface area contributed by atoms with Crippen molar-refractivity contribution >= 4 is 23.8 Å². The van der Waals surface area contributed by atoms with E-state index in [0.29, 0.717) is 0 Å². The van der Waals surface area contributed by atoms with Crippen LogP contribution >= 0.6 is 23.8 Å². The first-order chi connectivity index (χ1) is 7.16. The minimum atomic E-state index is 0.752. The summed E-state index contributed by atoms with van der Waals surface area (Å²) in [6.45, 7) is 2.81. The molecule has 0 atom stereocenters. The van der Waals surface area contributed by atoms with E-state index in [2.05, 4.69) is 9.55 Å². The fourth-order valence-electron chi connectivity index (χ4n) is 1.45. The average molecular weight is 239 g/mol. The van der Waals surface area contributed by atoms with Crippen molar-refractivity contribution in [3.8, 4) is 0 Å². The molecule has 0 aliphatic rings. The van der Waals surface area contributed by atoms with E-state index in [0.717, 1.165) is 22.0 Å². The molecule has 4 heteroatoms. The van der Waals surface area contributed by atoms with Gasteiger partial charge in [-0.25, -0.2) is 0 Å². The van der Waals surface area contributed by atoms with Crippen LogP contribution in [0.5, 0.6) is 0 Å². The molecule has 0 aliphatic carbocycles. The fraction of sp³-hybridized carbons (Fsp3) is 0.182. The first-order valence-corrected chi connectivity index (χ1v) is 5.45. The molecule has 1 heterocycles. The van der Waals surface area contributed by atoms with Gasteiger partial charge in [-0.05, 0) is 36.8 Å². The smallest absolute Gasteiger partial charge is 0.177 e. The average Bonchev–Trinajstić information content (AvgIpc) is 2.53. The Hall–Kier alpha value is -1.06. The van der Waals surface area contributed by atoms with E-state index < -0.39 is 0 Å². The highest BCUT2D eigenvalue weighted by Crippen LogP contribution is 2.11. The van der Waals surface area contributed by atoms with Crippen molar-refractivity contribution < 1.29 is 0 Å². The van der Waals surface area contributed by atoms with Gasteiger partial charge < -0.3 is 9.55 Å². The Morgan fingerprint density at radius 1 is 1.33 bits per heavy atom. The number of halogens is 1. The Balaban J connectivity index is 2.29. The lowest BCUT2D eigenvalue weighted by Crippen LogP contribution is -2.01. The van der Waals surface area contributed by atoms with E-state index in [1.165, 1.54) is 5.56 Å². The first-order valence-electron chi connectivity index (χ1n) is 4.66. The highest BCUT2D eigenvalue weighted by atomic mass is 35.5. The summed E-state index contributed by atoms with van der Waals surface area (Å²) in [6, 6.07) is 7.80. The van der Waals surface area contributed by atoms with Crippen LogP contribution in [-0.4, -0.2) is 9.55 Å². The molecule has 0 saturated heterocycles. The predicted octanol–water partition coefficient (Wildman–Crippen LogP) is 3.56. The zero-order valence-corrected chi connectivity index (χ0v) is 9.90. The highest BCUT2D eigenvalue weighted by Gasteiger charge is 2.00. The van der Waals surface area contributed by atoms with Crippen LogP contribution in [0.15, 0.2) is 30.5 Å². The molecule has 2 rings (SSSR count). The van der Waals surface area contributed by atoms with E-state index in [-0.39, 0.29) is 0 Å². The van der Waals surface area contributed by atoms with Crippen molar-refractivity contribution in [1.82, 2.24) is 9.55 Å². The SMILES string of the molecule is Cc1c[nH]c(=S)n1Cc1ccc(Cl)cc1. The number of nitrogens with zero attached hydrogens (tertiary/aromatic N) is 1. The number of nitrogens with one attached hydrogen (secondary N) is 1. The van der Waals surface area contributed by atoms with Gasteiger partial charge in [0, 0.05) is 16.9 Å². The Morgan fingerprint density at radius 2 is 2.00 bits per heavy atom. The number of aryl methyl sites for hydroxylation is 1. The molecule has 0 saturated carbocycles. The summed E-state index contributed by atoms with van der Waals surface area (Å²) < 4.78 is 2.81. The second-order valence-corrected chi connectivity index (χ2v) is 4.27. The number of H-pyrrole nitrogens is 1. The third kappa shape index (κ3) is 2.30. The second kappa shape index (κ2) is 4.21. The van der Waals surface area contributed by atoms with Gasteiger partial charge in [-0.1, -0.05) is 23.7 Å². The molecule has 78 valence electrons. The molecule has 0 amide bonds. The van der Waals surface area contributed by atoms with Crippen molar-refractivity contribution in [2.45, 2.75) is 13.5 Å². The van der Waals surface area contributed by atoms with Crippen molar-refractivity contribution in [1.29, 1.82) is 0 Å². The number of hydrogen-bond donors (Lipinski definition) is 1. The molecule has 0 radical (unpaired) electrons. The summed E-state index contributed by atoms with van der Waals surface area (Å²) in [5.41, 5.74) is 2.33. The standard InChI is InChI=1S/C11H11ClN2S/c1-8-6-13-11(15)14(8)7-9-2-4-10(12)5-3-9/h2-6H,7H2,1H3,(H,13,15). The van der Waals surface area contributed by atoms with Gasteiger partial charge >= 0.3 is 0 Å². The molecule has 1 N–H and O–H groups in total. The number of aromatic amines is 1. The van der Waals surface area contributed by atoms with Crippen molar-refractivity contribution in [2.24, 2.45) is 0 Å². The van der Waals surface area contributed by atoms with Crippen molar-refractivity contribution in [3.05, 3.63) is 51.5 Å². The van der Waals surface area contributed by atoms with Crippen LogP contribution in [0.25, 0.3) is 0 Å². The monoisotopic (exact) mass is 238 g/mol. The van der Waals surface area contributed by atoms with Crippen LogP contribution in [0.3, 0.4) is 0 Å². The van der Waals surface area contributed by atoms with Crippen LogP contribution in [-0.2, 0) is 6.54 Å². The second-order valence-electron chi connectivity index (χ2n) is 3.45. The Kier molecular flexibility index (Phi) is 2.93. The van der Waals surface area contributed by atoms with Gasteiger partial charge in [0.05, 0.1) is 6.54 Å². The zero-order chi connectivity index (χ0) is 10.8. The molecule has 0 bridgehead atoms. The van der Waals surface area contributed by atoms with Gasteiger partial charge in [0.1, 0.15) is 0 Å². The van der Waals surface area contributed by atoms with Gasteiger partial charge in [-0.3, -0.25) is 0 Å². The predicted molar refractivity (Wildman–Crippen MR) is 64.9 cm³/mol. The highest BCUT2D eigenvalue weighted by molar-refractivity contribution is 7.71. The normalized spacial score (nSPS) is 10.5. The number of benzene rings is 1. The number of rotatable bonds is 2. The molecule has 0 spiro atoms. The van der Waals surface area contributed by atoms with Gasteiger partial charge in [-0.2, -0.15) is 0 Å². The minimum Gasteiger partial charge on any atom is -0.337 e. The molecule has 0 unspecified atom stereocenters. The molecule has 1 aromatic heterocycles. The molecule has 2 aromatic rings. The molecule has 0 fully saturated rings. The van der Waals surface area contributed by atoms with E-state index in [1.807, 2.05) is 37.4 Å². The summed E-state index contributed by atoms with van der Waals surface area (Å²) in [4.78, 5) is 3.02. The number of imidazole rings is 1. The van der Waals surface area contributed by atoms with Crippen molar-refractivity contribution in [3.63, 3.8) is 0 Å². The lowest BCUT2D eigenvalue weighted by Gasteiger charge is -2.05. The summed E-state index contributed by atoms with van der Waals surface area (Å²) >= 11 is 11.0. The topological polar surface area (TPSA) is 20.7 Å². The lowest BCUT2D eigenvalue weighted by molar-refractivity contribution is 0.758. The van der Waals surface area contributed by atoms with Gasteiger partial charge in [-0.15, -0.1) is 0 Å². The van der Waals surface area contributed by atoms with Gasteiger partial charge in [0.25, 0.3) is 0 Å². The van der Waals surface area contributed by atoms with Crippen LogP contribution < -0.4 is 0 Å². The van der Waals surface area contributed by atoms with Gasteiger partial charge in [0.2, 0.25) is 0 Å². The quantitative estimate of drug-likeness (QED) is 0.794. The van der Waals surface area contributed by atoms with Crippen molar-refractivity contribution in [2.75, 3.05) is 0 Å². The van der Waals surface area contributed by atoms with E-state index in [4.69, 9.17) is 23.8 Å². The molecular weight excluding hydrogens is 228 g/mol. The zero-order valence-electron chi connectivity index (χ0n) is 8.33. The largest absolute Gasteiger partial charge is 0.337 e.